The van der Waals surface area contributed by atoms with Gasteiger partial charge < -0.3 is 14.5 Å². The summed E-state index contributed by atoms with van der Waals surface area (Å²) in [7, 11) is 1.58. The Kier molecular flexibility index (Phi) is 6.33. The number of amides is 1. The second-order valence-electron chi connectivity index (χ2n) is 7.66. The highest BCUT2D eigenvalue weighted by Gasteiger charge is 2.15. The first kappa shape index (κ1) is 22.4. The molecule has 1 amide bonds. The van der Waals surface area contributed by atoms with Gasteiger partial charge in [0.05, 0.1) is 13.4 Å². The Morgan fingerprint density at radius 1 is 1.03 bits per heavy atom. The number of methoxy groups -OCH3 is 1. The Morgan fingerprint density at radius 3 is 2.48 bits per heavy atom. The van der Waals surface area contributed by atoms with Crippen LogP contribution in [0.1, 0.15) is 29.8 Å². The molecule has 0 unspecified atom stereocenters. The summed E-state index contributed by atoms with van der Waals surface area (Å²) < 4.78 is 11.3. The molecule has 3 aromatic carbocycles. The summed E-state index contributed by atoms with van der Waals surface area (Å²) in [6.07, 6.45) is 3.21. The molecule has 0 spiro atoms. The van der Waals surface area contributed by atoms with E-state index in [1.807, 2.05) is 43.3 Å². The van der Waals surface area contributed by atoms with Crippen LogP contribution in [0, 0.1) is 0 Å². The number of rotatable bonds is 6. The highest BCUT2D eigenvalue weighted by Crippen LogP contribution is 2.37. The molecule has 0 radical (unpaired) electrons. The number of ketones is 1. The molecule has 1 aromatic heterocycles. The fraction of sp³-hybridized carbons (Fsp3) is 0.111. The molecule has 0 saturated heterocycles. The molecule has 0 saturated carbocycles. The van der Waals surface area contributed by atoms with Gasteiger partial charge in [-0.3, -0.25) is 9.59 Å². The number of anilines is 1. The molecular weight excluding hydrogens is 438 g/mol. The number of ether oxygens (including phenoxy) is 1. The van der Waals surface area contributed by atoms with E-state index >= 15 is 0 Å². The zero-order valence-electron chi connectivity index (χ0n) is 18.4. The molecule has 0 fully saturated rings. The summed E-state index contributed by atoms with van der Waals surface area (Å²) in [5.41, 5.74) is 5.16. The molecule has 4 rings (SSSR count). The number of carbonyl (C=O) groups excluding carboxylic acids is 2. The first-order valence-corrected chi connectivity index (χ1v) is 10.7. The molecule has 0 atom stereocenters. The van der Waals surface area contributed by atoms with Crippen LogP contribution in [0.2, 0.25) is 5.02 Å². The number of hydrogen-bond donors (Lipinski definition) is 1. The number of allylic oxidation sites excluding steroid dienone is 1. The van der Waals surface area contributed by atoms with Crippen LogP contribution in [0.3, 0.4) is 0 Å². The summed E-state index contributed by atoms with van der Waals surface area (Å²) >= 11 is 6.03. The minimum Gasteiger partial charge on any atom is -0.496 e. The molecule has 1 heterocycles. The molecule has 0 aliphatic rings. The Bertz CT molecular complexity index is 1380. The highest BCUT2D eigenvalue weighted by atomic mass is 35.5. The van der Waals surface area contributed by atoms with Gasteiger partial charge in [0.15, 0.2) is 5.78 Å². The van der Waals surface area contributed by atoms with Crippen molar-refractivity contribution in [2.24, 2.45) is 0 Å². The Labute approximate surface area is 196 Å². The van der Waals surface area contributed by atoms with Crippen LogP contribution in [-0.2, 0) is 4.79 Å². The lowest BCUT2D eigenvalue weighted by atomic mass is 9.99. The van der Waals surface area contributed by atoms with Crippen LogP contribution in [-0.4, -0.2) is 18.8 Å². The van der Waals surface area contributed by atoms with Crippen molar-refractivity contribution in [3.05, 3.63) is 89.2 Å². The van der Waals surface area contributed by atoms with Gasteiger partial charge in [0.2, 0.25) is 5.91 Å². The number of Topliss-reactive ketones (excluding diaryl/α,β-unsaturated/α-hetero) is 1. The van der Waals surface area contributed by atoms with Gasteiger partial charge in [0, 0.05) is 44.9 Å². The zero-order chi connectivity index (χ0) is 23.5. The highest BCUT2D eigenvalue weighted by molar-refractivity contribution is 6.30. The molecule has 1 N–H and O–H groups in total. The number of fused-ring (bicyclic) bond motifs is 1. The second-order valence-corrected chi connectivity index (χ2v) is 8.09. The van der Waals surface area contributed by atoms with Crippen molar-refractivity contribution < 1.29 is 18.7 Å². The number of furan rings is 1. The first-order chi connectivity index (χ1) is 15.9. The molecule has 0 bridgehead atoms. The van der Waals surface area contributed by atoms with Gasteiger partial charge in [-0.15, -0.1) is 0 Å². The van der Waals surface area contributed by atoms with Gasteiger partial charge >= 0.3 is 0 Å². The minimum atomic E-state index is -0.305. The van der Waals surface area contributed by atoms with Gasteiger partial charge in [-0.05, 0) is 55.3 Å². The maximum atomic E-state index is 12.7. The SMILES string of the molecule is COc1cc2occ(-c3ccc(Cl)cc3)c2cc1/C(C)=C/C(=O)Nc1cccc(C(C)=O)c1. The number of halogens is 1. The Hall–Kier alpha value is -3.83. The normalized spacial score (nSPS) is 11.5. The van der Waals surface area contributed by atoms with Gasteiger partial charge in [0.25, 0.3) is 0 Å². The van der Waals surface area contributed by atoms with Crippen molar-refractivity contribution >= 4 is 45.5 Å². The van der Waals surface area contributed by atoms with Gasteiger partial charge in [-0.25, -0.2) is 0 Å². The third kappa shape index (κ3) is 4.83. The van der Waals surface area contributed by atoms with E-state index in [0.717, 1.165) is 27.6 Å². The molecule has 5 nitrogen and oxygen atoms in total. The molecule has 166 valence electrons. The summed E-state index contributed by atoms with van der Waals surface area (Å²) in [5, 5.41) is 4.37. The summed E-state index contributed by atoms with van der Waals surface area (Å²) in [5.74, 6) is 0.229. The van der Waals surface area contributed by atoms with Crippen molar-refractivity contribution in [2.75, 3.05) is 12.4 Å². The first-order valence-electron chi connectivity index (χ1n) is 10.3. The second kappa shape index (κ2) is 9.35. The molecule has 0 aliphatic carbocycles. The fourth-order valence-corrected chi connectivity index (χ4v) is 3.78. The fourth-order valence-electron chi connectivity index (χ4n) is 3.65. The standard InChI is InChI=1S/C27H22ClNO4/c1-16(11-27(31)29-21-6-4-5-19(12-21)17(2)30)22-13-23-24(18-7-9-20(28)10-8-18)15-33-26(23)14-25(22)32-3/h4-15H,1-3H3,(H,29,31)/b16-11+. The van der Waals surface area contributed by atoms with E-state index in [4.69, 9.17) is 20.8 Å². The molecular formula is C27H22ClNO4. The third-order valence-electron chi connectivity index (χ3n) is 5.36. The largest absolute Gasteiger partial charge is 0.496 e. The molecule has 0 aliphatic heterocycles. The van der Waals surface area contributed by atoms with Crippen LogP contribution in [0.25, 0.3) is 27.7 Å². The summed E-state index contributed by atoms with van der Waals surface area (Å²) in [4.78, 5) is 24.3. The van der Waals surface area contributed by atoms with Gasteiger partial charge in [-0.1, -0.05) is 35.9 Å². The molecule has 4 aromatic rings. The average molecular weight is 460 g/mol. The number of hydrogen-bond acceptors (Lipinski definition) is 4. The lowest BCUT2D eigenvalue weighted by molar-refractivity contribution is -0.111. The third-order valence-corrected chi connectivity index (χ3v) is 5.61. The maximum Gasteiger partial charge on any atom is 0.248 e. The predicted octanol–water partition coefficient (Wildman–Crippen LogP) is 7.01. The monoisotopic (exact) mass is 459 g/mol. The van der Waals surface area contributed by atoms with Gasteiger partial charge in [0.1, 0.15) is 11.3 Å². The summed E-state index contributed by atoms with van der Waals surface area (Å²) in [6, 6.07) is 18.1. The lowest BCUT2D eigenvalue weighted by Crippen LogP contribution is -2.09. The maximum absolute atomic E-state index is 12.7. The van der Waals surface area contributed by atoms with Crippen LogP contribution < -0.4 is 10.1 Å². The van der Waals surface area contributed by atoms with Crippen LogP contribution in [0.5, 0.6) is 5.75 Å². The lowest BCUT2D eigenvalue weighted by Gasteiger charge is -2.10. The molecule has 6 heteroatoms. The van der Waals surface area contributed by atoms with E-state index in [2.05, 4.69) is 5.32 Å². The number of carbonyl (C=O) groups is 2. The van der Waals surface area contributed by atoms with E-state index in [0.29, 0.717) is 27.6 Å². The number of benzene rings is 3. The van der Waals surface area contributed by atoms with E-state index in [-0.39, 0.29) is 11.7 Å². The zero-order valence-corrected chi connectivity index (χ0v) is 19.2. The molecule has 33 heavy (non-hydrogen) atoms. The minimum absolute atomic E-state index is 0.0625. The van der Waals surface area contributed by atoms with Crippen molar-refractivity contribution in [1.29, 1.82) is 0 Å². The van der Waals surface area contributed by atoms with Crippen molar-refractivity contribution in [3.8, 4) is 16.9 Å². The van der Waals surface area contributed by atoms with E-state index in [1.165, 1.54) is 13.0 Å². The predicted molar refractivity (Wildman–Crippen MR) is 132 cm³/mol. The average Bonchev–Trinajstić information content (AvgIpc) is 3.21. The van der Waals surface area contributed by atoms with E-state index in [1.54, 1.807) is 37.6 Å². The van der Waals surface area contributed by atoms with Gasteiger partial charge in [-0.2, -0.15) is 0 Å². The smallest absolute Gasteiger partial charge is 0.248 e. The number of nitrogens with one attached hydrogen (secondary N) is 1. The summed E-state index contributed by atoms with van der Waals surface area (Å²) in [6.45, 7) is 3.33. The quantitative estimate of drug-likeness (QED) is 0.249. The van der Waals surface area contributed by atoms with Crippen molar-refractivity contribution in [2.45, 2.75) is 13.8 Å². The van der Waals surface area contributed by atoms with Crippen LogP contribution in [0.15, 0.2) is 77.4 Å². The van der Waals surface area contributed by atoms with E-state index < -0.39 is 0 Å². The Morgan fingerprint density at radius 2 is 1.79 bits per heavy atom. The topological polar surface area (TPSA) is 68.5 Å². The van der Waals surface area contributed by atoms with Crippen molar-refractivity contribution in [1.82, 2.24) is 0 Å². The van der Waals surface area contributed by atoms with Crippen molar-refractivity contribution in [3.63, 3.8) is 0 Å². The Balaban J connectivity index is 1.68. The van der Waals surface area contributed by atoms with E-state index in [9.17, 15) is 9.59 Å². The van der Waals surface area contributed by atoms with Crippen LogP contribution in [0.4, 0.5) is 5.69 Å². The van der Waals surface area contributed by atoms with Crippen LogP contribution >= 0.6 is 11.6 Å².